The quantitative estimate of drug-likeness (QED) is 0.768. The van der Waals surface area contributed by atoms with Crippen LogP contribution in [0.1, 0.15) is 26.2 Å². The number of hydrogen-bond donors (Lipinski definition) is 1. The SMILES string of the molecule is CCCCC(=O)NCCS(=O)(=O)N1CCN(c2ccccc2)CC1. The number of hydrogen-bond acceptors (Lipinski definition) is 4. The van der Waals surface area contributed by atoms with Gasteiger partial charge in [-0.3, -0.25) is 4.79 Å². The van der Waals surface area contributed by atoms with Gasteiger partial charge in [0.25, 0.3) is 0 Å². The summed E-state index contributed by atoms with van der Waals surface area (Å²) in [7, 11) is -3.31. The predicted molar refractivity (Wildman–Crippen MR) is 96.5 cm³/mol. The highest BCUT2D eigenvalue weighted by Crippen LogP contribution is 2.17. The summed E-state index contributed by atoms with van der Waals surface area (Å²) < 4.78 is 26.3. The Balaban J connectivity index is 1.76. The Morgan fingerprint density at radius 1 is 1.12 bits per heavy atom. The maximum atomic E-state index is 12.4. The normalized spacial score (nSPS) is 16.1. The maximum Gasteiger partial charge on any atom is 0.220 e. The molecular formula is C17H27N3O3S. The van der Waals surface area contributed by atoms with Crippen LogP contribution in [0.3, 0.4) is 0 Å². The Morgan fingerprint density at radius 2 is 1.79 bits per heavy atom. The second-order valence-electron chi connectivity index (χ2n) is 5.99. The van der Waals surface area contributed by atoms with Crippen LogP contribution in [-0.4, -0.2) is 57.1 Å². The van der Waals surface area contributed by atoms with Crippen LogP contribution in [0.4, 0.5) is 5.69 Å². The molecule has 0 unspecified atom stereocenters. The molecule has 0 aliphatic carbocycles. The molecule has 0 aromatic heterocycles. The average molecular weight is 353 g/mol. The van der Waals surface area contributed by atoms with Gasteiger partial charge in [0.1, 0.15) is 0 Å². The van der Waals surface area contributed by atoms with Gasteiger partial charge in [-0.05, 0) is 18.6 Å². The Morgan fingerprint density at radius 3 is 2.42 bits per heavy atom. The van der Waals surface area contributed by atoms with Gasteiger partial charge in [-0.25, -0.2) is 8.42 Å². The molecule has 1 N–H and O–H groups in total. The molecule has 1 saturated heterocycles. The molecule has 0 spiro atoms. The van der Waals surface area contributed by atoms with Crippen molar-refractivity contribution in [3.05, 3.63) is 30.3 Å². The largest absolute Gasteiger partial charge is 0.369 e. The number of amides is 1. The van der Waals surface area contributed by atoms with E-state index in [1.807, 2.05) is 37.3 Å². The number of nitrogens with zero attached hydrogens (tertiary/aromatic N) is 2. The number of anilines is 1. The van der Waals surface area contributed by atoms with Gasteiger partial charge in [0.2, 0.25) is 15.9 Å². The van der Waals surface area contributed by atoms with Crippen molar-refractivity contribution in [1.82, 2.24) is 9.62 Å². The zero-order valence-electron chi connectivity index (χ0n) is 14.3. The number of sulfonamides is 1. The first kappa shape index (κ1) is 18.7. The van der Waals surface area contributed by atoms with Gasteiger partial charge >= 0.3 is 0 Å². The van der Waals surface area contributed by atoms with Crippen molar-refractivity contribution >= 4 is 21.6 Å². The monoisotopic (exact) mass is 353 g/mol. The maximum absolute atomic E-state index is 12.4. The summed E-state index contributed by atoms with van der Waals surface area (Å²) in [5.74, 6) is -0.100. The van der Waals surface area contributed by atoms with Crippen molar-refractivity contribution in [1.29, 1.82) is 0 Å². The number of para-hydroxylation sites is 1. The molecule has 24 heavy (non-hydrogen) atoms. The number of carbonyl (C=O) groups excluding carboxylic acids is 1. The van der Waals surface area contributed by atoms with E-state index < -0.39 is 10.0 Å². The highest BCUT2D eigenvalue weighted by molar-refractivity contribution is 7.89. The number of piperazine rings is 1. The zero-order chi connectivity index (χ0) is 17.4. The minimum Gasteiger partial charge on any atom is -0.369 e. The van der Waals surface area contributed by atoms with Crippen molar-refractivity contribution in [2.24, 2.45) is 0 Å². The molecule has 1 aliphatic rings. The van der Waals surface area contributed by atoms with Crippen LogP contribution in [0, 0.1) is 0 Å². The molecule has 1 fully saturated rings. The topological polar surface area (TPSA) is 69.7 Å². The number of benzene rings is 1. The smallest absolute Gasteiger partial charge is 0.220 e. The zero-order valence-corrected chi connectivity index (χ0v) is 15.1. The summed E-state index contributed by atoms with van der Waals surface area (Å²) >= 11 is 0. The molecule has 6 nitrogen and oxygen atoms in total. The van der Waals surface area contributed by atoms with Gasteiger partial charge in [-0.15, -0.1) is 0 Å². The Bertz CT molecular complexity index is 611. The molecule has 0 radical (unpaired) electrons. The number of rotatable bonds is 8. The van der Waals surface area contributed by atoms with E-state index in [1.54, 1.807) is 0 Å². The lowest BCUT2D eigenvalue weighted by atomic mass is 10.2. The molecule has 2 rings (SSSR count). The summed E-state index contributed by atoms with van der Waals surface area (Å²) in [5, 5.41) is 2.69. The third-order valence-corrected chi connectivity index (χ3v) is 6.06. The van der Waals surface area contributed by atoms with Crippen molar-refractivity contribution < 1.29 is 13.2 Å². The summed E-state index contributed by atoms with van der Waals surface area (Å²) in [6.45, 7) is 4.55. The molecular weight excluding hydrogens is 326 g/mol. The van der Waals surface area contributed by atoms with Crippen LogP contribution >= 0.6 is 0 Å². The van der Waals surface area contributed by atoms with Crippen LogP contribution in [0.25, 0.3) is 0 Å². The Labute approximate surface area is 144 Å². The fourth-order valence-electron chi connectivity index (χ4n) is 2.74. The second kappa shape index (κ2) is 9.03. The molecule has 1 aliphatic heterocycles. The van der Waals surface area contributed by atoms with E-state index >= 15 is 0 Å². The second-order valence-corrected chi connectivity index (χ2v) is 8.08. The summed E-state index contributed by atoms with van der Waals surface area (Å²) in [6.07, 6.45) is 2.25. The average Bonchev–Trinajstić information content (AvgIpc) is 2.60. The summed E-state index contributed by atoms with van der Waals surface area (Å²) in [6, 6.07) is 10.0. The summed E-state index contributed by atoms with van der Waals surface area (Å²) in [5.41, 5.74) is 1.12. The third-order valence-electron chi connectivity index (χ3n) is 4.19. The molecule has 1 heterocycles. The lowest BCUT2D eigenvalue weighted by Crippen LogP contribution is -2.50. The number of carbonyl (C=O) groups is 1. The molecule has 1 aromatic carbocycles. The van der Waals surface area contributed by atoms with E-state index in [4.69, 9.17) is 0 Å². The van der Waals surface area contributed by atoms with E-state index in [0.29, 0.717) is 32.6 Å². The molecule has 1 aromatic rings. The van der Waals surface area contributed by atoms with Crippen molar-refractivity contribution in [2.75, 3.05) is 43.4 Å². The van der Waals surface area contributed by atoms with Crippen LogP contribution in [0.5, 0.6) is 0 Å². The van der Waals surface area contributed by atoms with E-state index in [1.165, 1.54) is 4.31 Å². The molecule has 7 heteroatoms. The molecule has 0 atom stereocenters. The van der Waals surface area contributed by atoms with Crippen molar-refractivity contribution in [2.45, 2.75) is 26.2 Å². The van der Waals surface area contributed by atoms with Crippen LogP contribution in [0.15, 0.2) is 30.3 Å². The van der Waals surface area contributed by atoms with Gasteiger partial charge in [0, 0.05) is 44.8 Å². The van der Waals surface area contributed by atoms with Gasteiger partial charge in [-0.1, -0.05) is 31.5 Å². The lowest BCUT2D eigenvalue weighted by Gasteiger charge is -2.35. The van der Waals surface area contributed by atoms with E-state index in [0.717, 1.165) is 18.5 Å². The standard InChI is InChI=1S/C17H27N3O3S/c1-2-3-9-17(21)18-10-15-24(22,23)20-13-11-19(12-14-20)16-7-5-4-6-8-16/h4-8H,2-3,9-15H2,1H3,(H,18,21). The van der Waals surface area contributed by atoms with Crippen LogP contribution < -0.4 is 10.2 Å². The van der Waals surface area contributed by atoms with Gasteiger partial charge < -0.3 is 10.2 Å². The fourth-order valence-corrected chi connectivity index (χ4v) is 4.08. The van der Waals surface area contributed by atoms with Gasteiger partial charge in [-0.2, -0.15) is 4.31 Å². The van der Waals surface area contributed by atoms with E-state index in [2.05, 4.69) is 10.2 Å². The Kier molecular flexibility index (Phi) is 7.05. The molecule has 1 amide bonds. The van der Waals surface area contributed by atoms with Gasteiger partial charge in [0.15, 0.2) is 0 Å². The highest BCUT2D eigenvalue weighted by atomic mass is 32.2. The predicted octanol–water partition coefficient (Wildman–Crippen LogP) is 1.44. The van der Waals surface area contributed by atoms with Gasteiger partial charge in [0.05, 0.1) is 5.75 Å². The van der Waals surface area contributed by atoms with E-state index in [-0.39, 0.29) is 18.2 Å². The first-order chi connectivity index (χ1) is 11.5. The third kappa shape index (κ3) is 5.49. The molecule has 134 valence electrons. The molecule has 0 saturated carbocycles. The fraction of sp³-hybridized carbons (Fsp3) is 0.588. The van der Waals surface area contributed by atoms with Crippen molar-refractivity contribution in [3.8, 4) is 0 Å². The first-order valence-electron chi connectivity index (χ1n) is 8.57. The van der Waals surface area contributed by atoms with E-state index in [9.17, 15) is 13.2 Å². The molecule has 0 bridgehead atoms. The minimum atomic E-state index is -3.31. The summed E-state index contributed by atoms with van der Waals surface area (Å²) in [4.78, 5) is 13.7. The van der Waals surface area contributed by atoms with Crippen molar-refractivity contribution in [3.63, 3.8) is 0 Å². The number of nitrogens with one attached hydrogen (secondary N) is 1. The van der Waals surface area contributed by atoms with Crippen LogP contribution in [0.2, 0.25) is 0 Å². The number of unbranched alkanes of at least 4 members (excludes halogenated alkanes) is 1. The van der Waals surface area contributed by atoms with Crippen LogP contribution in [-0.2, 0) is 14.8 Å². The Hall–Kier alpha value is -1.60. The highest BCUT2D eigenvalue weighted by Gasteiger charge is 2.26. The lowest BCUT2D eigenvalue weighted by molar-refractivity contribution is -0.121. The minimum absolute atomic E-state index is 0.0315. The first-order valence-corrected chi connectivity index (χ1v) is 10.2.